The summed E-state index contributed by atoms with van der Waals surface area (Å²) in [6, 6.07) is -0.273. The Bertz CT molecular complexity index is 216. The Balaban J connectivity index is 2.42. The Kier molecular flexibility index (Phi) is 3.13. The van der Waals surface area contributed by atoms with Gasteiger partial charge in [-0.15, -0.1) is 0 Å². The number of ether oxygens (including phenoxy) is 1. The van der Waals surface area contributed by atoms with E-state index in [-0.39, 0.29) is 12.8 Å². The first kappa shape index (κ1) is 9.09. The molecule has 0 spiro atoms. The fraction of sp³-hybridized carbons (Fsp3) is 0.800. The van der Waals surface area contributed by atoms with Gasteiger partial charge in [-0.3, -0.25) is 0 Å². The largest absolute Gasteiger partial charge is 0.353 e. The van der Waals surface area contributed by atoms with Crippen molar-refractivity contribution in [3.63, 3.8) is 0 Å². The van der Waals surface area contributed by atoms with E-state index in [9.17, 15) is 10.1 Å². The average molecular weight is 189 g/mol. The lowest BCUT2D eigenvalue weighted by Gasteiger charge is -2.11. The van der Waals surface area contributed by atoms with Crippen LogP contribution in [0.25, 0.3) is 0 Å². The van der Waals surface area contributed by atoms with Gasteiger partial charge in [0.2, 0.25) is 0 Å². The minimum Gasteiger partial charge on any atom is -0.353 e. The second-order valence-electron chi connectivity index (χ2n) is 2.23. The summed E-state index contributed by atoms with van der Waals surface area (Å²) in [7, 11) is 0. The van der Waals surface area contributed by atoms with Crippen molar-refractivity contribution in [2.75, 3.05) is 19.1 Å². The zero-order chi connectivity index (χ0) is 8.97. The molecule has 7 heteroatoms. The molecule has 0 aromatic heterocycles. The van der Waals surface area contributed by atoms with Crippen LogP contribution in [0.1, 0.15) is 0 Å². The molecule has 1 unspecified atom stereocenters. The van der Waals surface area contributed by atoms with Gasteiger partial charge in [0.15, 0.2) is 11.8 Å². The number of nitrogens with zero attached hydrogens (tertiary/aromatic N) is 3. The Labute approximate surface area is 73.2 Å². The van der Waals surface area contributed by atoms with Crippen LogP contribution in [0, 0.1) is 20.8 Å². The SMILES string of the molecule is N#CSCC1COCN1[N+](=O)[O-]. The third-order valence-electron chi connectivity index (χ3n) is 1.51. The van der Waals surface area contributed by atoms with Crippen LogP contribution in [-0.4, -0.2) is 35.2 Å². The molecule has 0 radical (unpaired) electrons. The third-order valence-corrected chi connectivity index (χ3v) is 2.19. The summed E-state index contributed by atoms with van der Waals surface area (Å²) in [6.45, 7) is 0.347. The number of hydrogen-bond acceptors (Lipinski definition) is 5. The Hall–Kier alpha value is -1.00. The lowest BCUT2D eigenvalue weighted by atomic mass is 10.4. The van der Waals surface area contributed by atoms with Crippen LogP contribution in [0.15, 0.2) is 0 Å². The molecule has 1 aliphatic heterocycles. The topological polar surface area (TPSA) is 79.4 Å². The van der Waals surface area contributed by atoms with Gasteiger partial charge in [0.25, 0.3) is 0 Å². The predicted octanol–water partition coefficient (Wildman–Crippen LogP) is 0.0507. The number of thiocyanates is 1. The molecule has 0 aromatic carbocycles. The molecule has 1 aliphatic rings. The molecule has 0 aromatic rings. The third kappa shape index (κ3) is 1.99. The first-order valence-corrected chi connectivity index (χ1v) is 4.24. The standard InChI is InChI=1S/C5H7N3O3S/c6-3-12-2-5-1-11-4-7(5)8(9)10/h5H,1-2,4H2. The summed E-state index contributed by atoms with van der Waals surface area (Å²) in [4.78, 5) is 10.3. The van der Waals surface area contributed by atoms with Gasteiger partial charge in [0.05, 0.1) is 6.61 Å². The number of hydrogen-bond donors (Lipinski definition) is 0. The van der Waals surface area contributed by atoms with Crippen molar-refractivity contribution < 1.29 is 9.77 Å². The van der Waals surface area contributed by atoms with Crippen LogP contribution in [-0.2, 0) is 4.74 Å². The van der Waals surface area contributed by atoms with Gasteiger partial charge in [-0.25, -0.2) is 10.1 Å². The maximum absolute atomic E-state index is 10.3. The van der Waals surface area contributed by atoms with Crippen molar-refractivity contribution in [2.24, 2.45) is 0 Å². The summed E-state index contributed by atoms with van der Waals surface area (Å²) in [5.74, 6) is 0.414. The highest BCUT2D eigenvalue weighted by atomic mass is 32.2. The zero-order valence-corrected chi connectivity index (χ0v) is 6.99. The molecule has 6 nitrogen and oxygen atoms in total. The van der Waals surface area contributed by atoms with E-state index in [0.29, 0.717) is 12.4 Å². The van der Waals surface area contributed by atoms with Crippen molar-refractivity contribution in [3.8, 4) is 5.40 Å². The predicted molar refractivity (Wildman–Crippen MR) is 41.5 cm³/mol. The number of rotatable bonds is 3. The average Bonchev–Trinajstić information content (AvgIpc) is 2.48. The molecular weight excluding hydrogens is 182 g/mol. The molecule has 1 saturated heterocycles. The highest BCUT2D eigenvalue weighted by Crippen LogP contribution is 2.13. The molecule has 0 amide bonds. The van der Waals surface area contributed by atoms with Gasteiger partial charge in [-0.05, 0) is 11.8 Å². The van der Waals surface area contributed by atoms with E-state index in [2.05, 4.69) is 0 Å². The molecule has 0 bridgehead atoms. The molecule has 1 rings (SSSR count). The van der Waals surface area contributed by atoms with Crippen LogP contribution in [0.4, 0.5) is 0 Å². The van der Waals surface area contributed by atoms with Crippen molar-refractivity contribution in [3.05, 3.63) is 10.1 Å². The highest BCUT2D eigenvalue weighted by Gasteiger charge is 2.32. The van der Waals surface area contributed by atoms with E-state index in [1.54, 1.807) is 0 Å². The zero-order valence-electron chi connectivity index (χ0n) is 6.17. The van der Waals surface area contributed by atoms with Crippen molar-refractivity contribution in [1.29, 1.82) is 5.26 Å². The molecule has 0 N–H and O–H groups in total. The molecule has 1 fully saturated rings. The van der Waals surface area contributed by atoms with Crippen molar-refractivity contribution in [2.45, 2.75) is 6.04 Å². The maximum atomic E-state index is 10.3. The van der Waals surface area contributed by atoms with Crippen LogP contribution >= 0.6 is 11.8 Å². The summed E-state index contributed by atoms with van der Waals surface area (Å²) in [5.41, 5.74) is 0. The summed E-state index contributed by atoms with van der Waals surface area (Å²) < 4.78 is 4.89. The molecule has 0 saturated carbocycles. The quantitative estimate of drug-likeness (QED) is 0.354. The normalized spacial score (nSPS) is 22.2. The van der Waals surface area contributed by atoms with Crippen LogP contribution in [0.3, 0.4) is 0 Å². The first-order chi connectivity index (χ1) is 5.75. The van der Waals surface area contributed by atoms with E-state index >= 15 is 0 Å². The van der Waals surface area contributed by atoms with E-state index in [4.69, 9.17) is 10.00 Å². The van der Waals surface area contributed by atoms with E-state index < -0.39 is 5.03 Å². The Morgan fingerprint density at radius 2 is 2.67 bits per heavy atom. The number of nitro groups is 1. The Morgan fingerprint density at radius 3 is 3.25 bits per heavy atom. The summed E-state index contributed by atoms with van der Waals surface area (Å²) in [5, 5.41) is 20.9. The summed E-state index contributed by atoms with van der Waals surface area (Å²) in [6.07, 6.45) is 0. The van der Waals surface area contributed by atoms with Crippen molar-refractivity contribution >= 4 is 11.8 Å². The number of thioether (sulfide) groups is 1. The van der Waals surface area contributed by atoms with Gasteiger partial charge < -0.3 is 4.74 Å². The van der Waals surface area contributed by atoms with Gasteiger partial charge in [0.1, 0.15) is 11.4 Å². The lowest BCUT2D eigenvalue weighted by Crippen LogP contribution is -2.37. The second kappa shape index (κ2) is 4.13. The molecule has 12 heavy (non-hydrogen) atoms. The minimum absolute atomic E-state index is 0.0175. The number of nitriles is 1. The smallest absolute Gasteiger partial charge is 0.177 e. The van der Waals surface area contributed by atoms with Gasteiger partial charge in [-0.2, -0.15) is 5.26 Å². The van der Waals surface area contributed by atoms with Gasteiger partial charge in [-0.1, -0.05) is 5.01 Å². The molecule has 1 heterocycles. The molecular formula is C5H7N3O3S. The van der Waals surface area contributed by atoms with Gasteiger partial charge in [0, 0.05) is 5.75 Å². The van der Waals surface area contributed by atoms with Gasteiger partial charge >= 0.3 is 0 Å². The number of hydrazine groups is 1. The fourth-order valence-electron chi connectivity index (χ4n) is 0.922. The highest BCUT2D eigenvalue weighted by molar-refractivity contribution is 8.03. The Morgan fingerprint density at radius 1 is 1.92 bits per heavy atom. The fourth-order valence-corrected chi connectivity index (χ4v) is 1.46. The second-order valence-corrected chi connectivity index (χ2v) is 3.04. The van der Waals surface area contributed by atoms with Crippen LogP contribution in [0.5, 0.6) is 0 Å². The van der Waals surface area contributed by atoms with Crippen LogP contribution in [0.2, 0.25) is 0 Å². The minimum atomic E-state index is -0.490. The maximum Gasteiger partial charge on any atom is 0.177 e. The lowest BCUT2D eigenvalue weighted by molar-refractivity contribution is -0.661. The van der Waals surface area contributed by atoms with Crippen molar-refractivity contribution in [1.82, 2.24) is 5.01 Å². The van der Waals surface area contributed by atoms with E-state index in [1.165, 1.54) is 0 Å². The van der Waals surface area contributed by atoms with E-state index in [1.807, 2.05) is 5.40 Å². The van der Waals surface area contributed by atoms with E-state index in [0.717, 1.165) is 16.8 Å². The van der Waals surface area contributed by atoms with Crippen LogP contribution < -0.4 is 0 Å². The monoisotopic (exact) mass is 189 g/mol. The molecule has 66 valence electrons. The first-order valence-electron chi connectivity index (χ1n) is 3.25. The molecule has 0 aliphatic carbocycles. The molecule has 1 atom stereocenters. The summed E-state index contributed by atoms with van der Waals surface area (Å²) >= 11 is 1.01.